The van der Waals surface area contributed by atoms with Crippen molar-refractivity contribution in [3.63, 3.8) is 0 Å². The molecule has 1 aliphatic rings. The first-order valence-corrected chi connectivity index (χ1v) is 8.77. The molecule has 0 radical (unpaired) electrons. The van der Waals surface area contributed by atoms with Crippen molar-refractivity contribution in [2.45, 2.75) is 32.0 Å². The lowest BCUT2D eigenvalue weighted by Gasteiger charge is -2.23. The van der Waals surface area contributed by atoms with E-state index in [1.165, 1.54) is 0 Å². The Morgan fingerprint density at radius 1 is 1.27 bits per heavy atom. The summed E-state index contributed by atoms with van der Waals surface area (Å²) in [5.41, 5.74) is 2.54. The molecule has 4 rings (SSSR count). The predicted octanol–water partition coefficient (Wildman–Crippen LogP) is 1.10. The number of aryl methyl sites for hydroxylation is 1. The fourth-order valence-corrected chi connectivity index (χ4v) is 3.43. The predicted molar refractivity (Wildman–Crippen MR) is 96.2 cm³/mol. The maximum Gasteiger partial charge on any atom is 0.266 e. The van der Waals surface area contributed by atoms with Crippen molar-refractivity contribution in [3.05, 3.63) is 58.9 Å². The van der Waals surface area contributed by atoms with E-state index in [-0.39, 0.29) is 11.6 Å². The van der Waals surface area contributed by atoms with Gasteiger partial charge in [-0.2, -0.15) is 5.10 Å². The molecule has 134 valence electrons. The van der Waals surface area contributed by atoms with E-state index in [0.29, 0.717) is 6.54 Å². The van der Waals surface area contributed by atoms with Gasteiger partial charge in [0.25, 0.3) is 5.56 Å². The molecule has 0 bridgehead atoms. The largest absolute Gasteiger partial charge is 0.293 e. The molecule has 4 heterocycles. The van der Waals surface area contributed by atoms with Crippen LogP contribution in [0.1, 0.15) is 18.5 Å². The highest BCUT2D eigenvalue weighted by Crippen LogP contribution is 2.21. The molecule has 3 aromatic rings. The second kappa shape index (κ2) is 7.17. The summed E-state index contributed by atoms with van der Waals surface area (Å²) in [7, 11) is 1.87. The van der Waals surface area contributed by atoms with Crippen molar-refractivity contribution in [2.24, 2.45) is 7.05 Å². The van der Waals surface area contributed by atoms with Crippen LogP contribution in [0.5, 0.6) is 0 Å². The van der Waals surface area contributed by atoms with Crippen LogP contribution in [0.3, 0.4) is 0 Å². The number of rotatable bonds is 5. The number of nitrogens with zero attached hydrogens (tertiary/aromatic N) is 7. The van der Waals surface area contributed by atoms with Gasteiger partial charge in [0.2, 0.25) is 0 Å². The zero-order valence-corrected chi connectivity index (χ0v) is 14.7. The standard InChI is InChI=1S/C18H21N7O/c1-23-11-15(20-22-23)12-24-9-3-5-16(24)13-25-18(26)7-6-17(21-25)14-4-2-8-19-10-14/h2,4,6-8,10-11,16H,3,5,9,12-13H2,1H3. The lowest BCUT2D eigenvalue weighted by atomic mass is 10.2. The fraction of sp³-hybridized carbons (Fsp3) is 0.389. The normalized spacial score (nSPS) is 17.7. The van der Waals surface area contributed by atoms with Crippen LogP contribution in [0.2, 0.25) is 0 Å². The molecule has 0 amide bonds. The first kappa shape index (κ1) is 16.6. The Morgan fingerprint density at radius 2 is 2.19 bits per heavy atom. The zero-order chi connectivity index (χ0) is 17.9. The first-order chi connectivity index (χ1) is 12.7. The molecule has 0 saturated carbocycles. The van der Waals surface area contributed by atoms with Gasteiger partial charge in [0.1, 0.15) is 0 Å². The van der Waals surface area contributed by atoms with Gasteiger partial charge in [0.15, 0.2) is 0 Å². The topological polar surface area (TPSA) is 81.7 Å². The van der Waals surface area contributed by atoms with Gasteiger partial charge in [-0.05, 0) is 37.6 Å². The number of likely N-dealkylation sites (tertiary alicyclic amines) is 1. The summed E-state index contributed by atoms with van der Waals surface area (Å²) >= 11 is 0. The van der Waals surface area contributed by atoms with E-state index >= 15 is 0 Å². The third-order valence-electron chi connectivity index (χ3n) is 4.72. The second-order valence-electron chi connectivity index (χ2n) is 6.63. The quantitative estimate of drug-likeness (QED) is 0.685. The number of aromatic nitrogens is 6. The van der Waals surface area contributed by atoms with E-state index in [1.807, 2.05) is 25.4 Å². The van der Waals surface area contributed by atoms with Gasteiger partial charge in [0.05, 0.1) is 17.9 Å². The maximum atomic E-state index is 12.3. The average Bonchev–Trinajstić information content (AvgIpc) is 3.27. The third kappa shape index (κ3) is 3.55. The van der Waals surface area contributed by atoms with Crippen LogP contribution < -0.4 is 5.56 Å². The van der Waals surface area contributed by atoms with Crippen LogP contribution in [-0.4, -0.2) is 47.2 Å². The van der Waals surface area contributed by atoms with E-state index in [0.717, 1.165) is 42.9 Å². The van der Waals surface area contributed by atoms with Crippen molar-refractivity contribution in [1.82, 2.24) is 34.7 Å². The van der Waals surface area contributed by atoms with E-state index in [4.69, 9.17) is 0 Å². The minimum Gasteiger partial charge on any atom is -0.293 e. The average molecular weight is 351 g/mol. The molecule has 3 aromatic heterocycles. The molecule has 0 aromatic carbocycles. The van der Waals surface area contributed by atoms with Gasteiger partial charge in [-0.3, -0.25) is 19.4 Å². The van der Waals surface area contributed by atoms with E-state index < -0.39 is 0 Å². The Bertz CT molecular complexity index is 934. The van der Waals surface area contributed by atoms with Crippen LogP contribution >= 0.6 is 0 Å². The molecule has 0 aliphatic carbocycles. The number of hydrogen-bond acceptors (Lipinski definition) is 6. The van der Waals surface area contributed by atoms with Gasteiger partial charge >= 0.3 is 0 Å². The van der Waals surface area contributed by atoms with Gasteiger partial charge in [-0.1, -0.05) is 5.21 Å². The molecule has 0 spiro atoms. The molecule has 1 atom stereocenters. The van der Waals surface area contributed by atoms with Gasteiger partial charge in [-0.25, -0.2) is 4.68 Å². The third-order valence-corrected chi connectivity index (χ3v) is 4.72. The molecule has 26 heavy (non-hydrogen) atoms. The van der Waals surface area contributed by atoms with Crippen molar-refractivity contribution in [2.75, 3.05) is 6.54 Å². The van der Waals surface area contributed by atoms with Crippen LogP contribution in [0.15, 0.2) is 47.7 Å². The molecule has 8 nitrogen and oxygen atoms in total. The summed E-state index contributed by atoms with van der Waals surface area (Å²) < 4.78 is 3.28. The Hall–Kier alpha value is -2.87. The summed E-state index contributed by atoms with van der Waals surface area (Å²) in [6.07, 6.45) is 7.58. The first-order valence-electron chi connectivity index (χ1n) is 8.77. The smallest absolute Gasteiger partial charge is 0.266 e. The van der Waals surface area contributed by atoms with Crippen molar-refractivity contribution in [1.29, 1.82) is 0 Å². The highest BCUT2D eigenvalue weighted by Gasteiger charge is 2.26. The Balaban J connectivity index is 1.53. The Kier molecular flexibility index (Phi) is 4.57. The van der Waals surface area contributed by atoms with E-state index in [1.54, 1.807) is 33.9 Å². The monoisotopic (exact) mass is 351 g/mol. The summed E-state index contributed by atoms with van der Waals surface area (Å²) in [5.74, 6) is 0. The Morgan fingerprint density at radius 3 is 2.96 bits per heavy atom. The molecule has 1 saturated heterocycles. The second-order valence-corrected chi connectivity index (χ2v) is 6.63. The van der Waals surface area contributed by atoms with Crippen LogP contribution in [-0.2, 0) is 20.1 Å². The van der Waals surface area contributed by atoms with Crippen LogP contribution in [0.4, 0.5) is 0 Å². The fourth-order valence-electron chi connectivity index (χ4n) is 3.43. The summed E-state index contributed by atoms with van der Waals surface area (Å²) in [5, 5.41) is 12.7. The number of pyridine rings is 1. The number of hydrogen-bond donors (Lipinski definition) is 0. The summed E-state index contributed by atoms with van der Waals surface area (Å²) in [6.45, 7) is 2.32. The SMILES string of the molecule is Cn1cc(CN2CCCC2Cn2nc(-c3cccnc3)ccc2=O)nn1. The van der Waals surface area contributed by atoms with E-state index in [2.05, 4.69) is 25.3 Å². The minimum absolute atomic E-state index is 0.0796. The van der Waals surface area contributed by atoms with Crippen LogP contribution in [0, 0.1) is 0 Å². The molecule has 1 unspecified atom stereocenters. The maximum absolute atomic E-state index is 12.3. The lowest BCUT2D eigenvalue weighted by molar-refractivity contribution is 0.214. The highest BCUT2D eigenvalue weighted by atomic mass is 16.1. The molecular formula is C18H21N7O. The minimum atomic E-state index is -0.0796. The molecule has 0 N–H and O–H groups in total. The van der Waals surface area contributed by atoms with E-state index in [9.17, 15) is 4.79 Å². The molecule has 8 heteroatoms. The summed E-state index contributed by atoms with van der Waals surface area (Å²) in [4.78, 5) is 18.8. The van der Waals surface area contributed by atoms with Crippen molar-refractivity contribution >= 4 is 0 Å². The van der Waals surface area contributed by atoms with Gasteiger partial charge < -0.3 is 0 Å². The Labute approximate surface area is 151 Å². The van der Waals surface area contributed by atoms with Crippen LogP contribution in [0.25, 0.3) is 11.3 Å². The van der Waals surface area contributed by atoms with Crippen molar-refractivity contribution < 1.29 is 0 Å². The van der Waals surface area contributed by atoms with Gasteiger partial charge in [-0.15, -0.1) is 5.10 Å². The lowest BCUT2D eigenvalue weighted by Crippen LogP contribution is -2.36. The van der Waals surface area contributed by atoms with Crippen molar-refractivity contribution in [3.8, 4) is 11.3 Å². The highest BCUT2D eigenvalue weighted by molar-refractivity contribution is 5.56. The zero-order valence-electron chi connectivity index (χ0n) is 14.7. The molecular weight excluding hydrogens is 330 g/mol. The molecule has 1 fully saturated rings. The molecule has 1 aliphatic heterocycles. The van der Waals surface area contributed by atoms with Gasteiger partial charge in [0, 0.05) is 49.9 Å². The summed E-state index contributed by atoms with van der Waals surface area (Å²) in [6, 6.07) is 7.41.